The van der Waals surface area contributed by atoms with Crippen molar-refractivity contribution in [3.8, 4) is 5.75 Å². The van der Waals surface area contributed by atoms with E-state index < -0.39 is 45.3 Å². The molecular formula is C12H15F3N2O4S. The number of hydrogen-bond donors (Lipinski definition) is 2. The minimum atomic E-state index is -4.61. The average Bonchev–Trinajstić information content (AvgIpc) is 2.36. The summed E-state index contributed by atoms with van der Waals surface area (Å²) in [5.74, 6) is -1.71. The lowest BCUT2D eigenvalue weighted by Crippen LogP contribution is -2.39. The molecule has 1 rings (SSSR count). The summed E-state index contributed by atoms with van der Waals surface area (Å²) in [5, 5.41) is 6.97. The van der Waals surface area contributed by atoms with E-state index in [1.807, 2.05) is 0 Å². The van der Waals surface area contributed by atoms with Gasteiger partial charge in [-0.2, -0.15) is 13.2 Å². The number of ether oxygens (including phenoxy) is 1. The molecular weight excluding hydrogens is 325 g/mol. The number of nitrogens with two attached hydrogens (primary N) is 1. The molecule has 6 nitrogen and oxygen atoms in total. The van der Waals surface area contributed by atoms with Crippen LogP contribution in [0.2, 0.25) is 0 Å². The zero-order chi connectivity index (χ0) is 17.0. The second-order valence-electron chi connectivity index (χ2n) is 4.41. The van der Waals surface area contributed by atoms with Gasteiger partial charge in [0.2, 0.25) is 10.0 Å². The Labute approximate surface area is 125 Å². The topological polar surface area (TPSA) is 98.5 Å². The molecule has 0 spiro atoms. The van der Waals surface area contributed by atoms with E-state index in [4.69, 9.17) is 9.88 Å². The van der Waals surface area contributed by atoms with Gasteiger partial charge in [-0.3, -0.25) is 4.79 Å². The Hall–Kier alpha value is -1.81. The maximum absolute atomic E-state index is 12.8. The molecule has 22 heavy (non-hydrogen) atoms. The first kappa shape index (κ1) is 18.2. The van der Waals surface area contributed by atoms with Crippen molar-refractivity contribution in [2.45, 2.75) is 19.2 Å². The summed E-state index contributed by atoms with van der Waals surface area (Å²) in [7, 11) is -3.73. The molecule has 0 unspecified atom stereocenters. The average molecular weight is 340 g/mol. The Bertz CT molecular complexity index is 632. The molecule has 0 aliphatic rings. The third-order valence-electron chi connectivity index (χ3n) is 2.55. The molecule has 0 saturated carbocycles. The fourth-order valence-electron chi connectivity index (χ4n) is 1.51. The van der Waals surface area contributed by atoms with E-state index >= 15 is 0 Å². The van der Waals surface area contributed by atoms with Gasteiger partial charge < -0.3 is 10.1 Å². The largest absolute Gasteiger partial charge is 0.480 e. The predicted octanol–water partition coefficient (Wildman–Crippen LogP) is 0.877. The Morgan fingerprint density at radius 3 is 2.50 bits per heavy atom. The van der Waals surface area contributed by atoms with Gasteiger partial charge >= 0.3 is 6.18 Å². The molecule has 0 bridgehead atoms. The van der Waals surface area contributed by atoms with Crippen LogP contribution in [-0.2, 0) is 21.0 Å². The van der Waals surface area contributed by atoms with Gasteiger partial charge in [-0.15, -0.1) is 0 Å². The fraction of sp³-hybridized carbons (Fsp3) is 0.417. The van der Waals surface area contributed by atoms with E-state index in [1.165, 1.54) is 19.1 Å². The number of carbonyl (C=O) groups excluding carboxylic acids is 1. The first-order valence-electron chi connectivity index (χ1n) is 6.12. The number of para-hydroxylation sites is 1. The predicted molar refractivity (Wildman–Crippen MR) is 72.5 cm³/mol. The van der Waals surface area contributed by atoms with Crippen molar-refractivity contribution >= 4 is 15.9 Å². The molecule has 0 radical (unpaired) electrons. The molecule has 1 aromatic carbocycles. The van der Waals surface area contributed by atoms with E-state index in [9.17, 15) is 26.4 Å². The van der Waals surface area contributed by atoms with Crippen molar-refractivity contribution < 1.29 is 31.1 Å². The number of nitrogens with one attached hydrogen (secondary N) is 1. The van der Waals surface area contributed by atoms with Gasteiger partial charge in [0, 0.05) is 6.54 Å². The molecule has 0 fully saturated rings. The molecule has 3 N–H and O–H groups in total. The summed E-state index contributed by atoms with van der Waals surface area (Å²) in [6.45, 7) is 0.992. The second-order valence-corrected chi connectivity index (χ2v) is 6.15. The van der Waals surface area contributed by atoms with E-state index in [-0.39, 0.29) is 6.54 Å². The van der Waals surface area contributed by atoms with Crippen LogP contribution in [0, 0.1) is 0 Å². The lowest BCUT2D eigenvalue weighted by Gasteiger charge is -2.18. The van der Waals surface area contributed by atoms with Crippen LogP contribution in [0.1, 0.15) is 12.5 Å². The van der Waals surface area contributed by atoms with Crippen molar-refractivity contribution in [1.82, 2.24) is 5.32 Å². The van der Waals surface area contributed by atoms with Crippen LogP contribution in [0.25, 0.3) is 0 Å². The second kappa shape index (κ2) is 6.97. The lowest BCUT2D eigenvalue weighted by molar-refractivity contribution is -0.140. The van der Waals surface area contributed by atoms with Crippen LogP contribution >= 0.6 is 0 Å². The maximum atomic E-state index is 12.8. The highest BCUT2D eigenvalue weighted by Crippen LogP contribution is 2.36. The molecule has 1 aromatic rings. The van der Waals surface area contributed by atoms with Crippen LogP contribution in [0.4, 0.5) is 13.2 Å². The number of alkyl halides is 3. The summed E-state index contributed by atoms with van der Waals surface area (Å²) >= 11 is 0. The van der Waals surface area contributed by atoms with Crippen LogP contribution in [0.15, 0.2) is 24.3 Å². The summed E-state index contributed by atoms with van der Waals surface area (Å²) in [5.41, 5.74) is -1.00. The maximum Gasteiger partial charge on any atom is 0.419 e. The number of hydrogen-bond acceptors (Lipinski definition) is 4. The van der Waals surface area contributed by atoms with Gasteiger partial charge in [-0.25, -0.2) is 13.6 Å². The number of benzene rings is 1. The van der Waals surface area contributed by atoms with Gasteiger partial charge in [0.25, 0.3) is 5.91 Å². The van der Waals surface area contributed by atoms with Gasteiger partial charge in [0.15, 0.2) is 6.10 Å². The highest BCUT2D eigenvalue weighted by molar-refractivity contribution is 7.89. The molecule has 124 valence electrons. The zero-order valence-electron chi connectivity index (χ0n) is 11.6. The third kappa shape index (κ3) is 5.90. The molecule has 0 aliphatic carbocycles. The number of rotatable bonds is 6. The molecule has 0 aliphatic heterocycles. The molecule has 1 atom stereocenters. The van der Waals surface area contributed by atoms with Gasteiger partial charge in [-0.1, -0.05) is 12.1 Å². The van der Waals surface area contributed by atoms with E-state index in [1.54, 1.807) is 0 Å². The monoisotopic (exact) mass is 340 g/mol. The number of carbonyl (C=O) groups is 1. The smallest absolute Gasteiger partial charge is 0.419 e. The van der Waals surface area contributed by atoms with Gasteiger partial charge in [0.1, 0.15) is 5.75 Å². The molecule has 0 saturated heterocycles. The summed E-state index contributed by atoms with van der Waals surface area (Å²) in [6.07, 6.45) is -5.84. The number of sulfonamides is 1. The van der Waals surface area contributed by atoms with Crippen LogP contribution in [0.5, 0.6) is 5.75 Å². The van der Waals surface area contributed by atoms with Crippen molar-refractivity contribution in [3.05, 3.63) is 29.8 Å². The molecule has 1 amide bonds. The first-order chi connectivity index (χ1) is 10.0. The number of amides is 1. The Kier molecular flexibility index (Phi) is 5.78. The zero-order valence-corrected chi connectivity index (χ0v) is 12.4. The lowest BCUT2D eigenvalue weighted by atomic mass is 10.2. The van der Waals surface area contributed by atoms with Gasteiger partial charge in [-0.05, 0) is 19.1 Å². The van der Waals surface area contributed by atoms with E-state index in [2.05, 4.69) is 5.32 Å². The number of primary sulfonamides is 1. The third-order valence-corrected chi connectivity index (χ3v) is 3.32. The minimum Gasteiger partial charge on any atom is -0.480 e. The number of halogens is 3. The normalized spacial score (nSPS) is 13.5. The van der Waals surface area contributed by atoms with Crippen LogP contribution in [0.3, 0.4) is 0 Å². The van der Waals surface area contributed by atoms with Crippen molar-refractivity contribution in [3.63, 3.8) is 0 Å². The first-order valence-corrected chi connectivity index (χ1v) is 7.83. The fourth-order valence-corrected chi connectivity index (χ4v) is 1.89. The van der Waals surface area contributed by atoms with Crippen molar-refractivity contribution in [1.29, 1.82) is 0 Å². The van der Waals surface area contributed by atoms with E-state index in [0.29, 0.717) is 0 Å². The molecule has 0 heterocycles. The van der Waals surface area contributed by atoms with Crippen LogP contribution in [-0.4, -0.2) is 32.7 Å². The SMILES string of the molecule is C[C@@H](Oc1ccccc1C(F)(F)F)C(=O)NCCS(N)(=O)=O. The summed E-state index contributed by atoms with van der Waals surface area (Å²) in [4.78, 5) is 11.6. The van der Waals surface area contributed by atoms with Crippen LogP contribution < -0.4 is 15.2 Å². The van der Waals surface area contributed by atoms with Crippen molar-refractivity contribution in [2.75, 3.05) is 12.3 Å². The van der Waals surface area contributed by atoms with Crippen molar-refractivity contribution in [2.24, 2.45) is 5.14 Å². The highest BCUT2D eigenvalue weighted by Gasteiger charge is 2.34. The molecule has 0 aromatic heterocycles. The van der Waals surface area contributed by atoms with E-state index in [0.717, 1.165) is 12.1 Å². The van der Waals surface area contributed by atoms with Gasteiger partial charge in [0.05, 0.1) is 11.3 Å². The quantitative estimate of drug-likeness (QED) is 0.803. The Morgan fingerprint density at radius 2 is 1.95 bits per heavy atom. The minimum absolute atomic E-state index is 0.258. The summed E-state index contributed by atoms with van der Waals surface area (Å²) in [6, 6.07) is 4.47. The standard InChI is InChI=1S/C12H15F3N2O4S/c1-8(11(18)17-6-7-22(16,19)20)21-10-5-3-2-4-9(10)12(13,14)15/h2-5,8H,6-7H2,1H3,(H,17,18)(H2,16,19,20)/t8-/m1/s1. The Morgan fingerprint density at radius 1 is 1.36 bits per heavy atom. The summed E-state index contributed by atoms with van der Waals surface area (Å²) < 4.78 is 64.7. The highest BCUT2D eigenvalue weighted by atomic mass is 32.2. The Balaban J connectivity index is 2.69. The molecule has 10 heteroatoms.